The second kappa shape index (κ2) is 8.74. The van der Waals surface area contributed by atoms with E-state index in [-0.39, 0.29) is 5.82 Å². The molecule has 1 atom stereocenters. The van der Waals surface area contributed by atoms with E-state index in [1.54, 1.807) is 6.07 Å². The molecule has 0 saturated heterocycles. The van der Waals surface area contributed by atoms with Crippen LogP contribution in [0.15, 0.2) is 47.3 Å². The fraction of sp³-hybridized carbons (Fsp3) is 0.389. The topological polar surface area (TPSA) is 24.9 Å². The SMILES string of the molecule is C=C(NC(/C(=C/CC)[C@@H](C)CC)=C(\C)Cl)c1ccc(F)cn1. The summed E-state index contributed by atoms with van der Waals surface area (Å²) in [6.45, 7) is 12.2. The first kappa shape index (κ1) is 18.4. The van der Waals surface area contributed by atoms with Crippen molar-refractivity contribution in [2.75, 3.05) is 0 Å². The van der Waals surface area contributed by atoms with Crippen LogP contribution in [0.2, 0.25) is 0 Å². The fourth-order valence-corrected chi connectivity index (χ4v) is 2.27. The molecule has 120 valence electrons. The molecule has 22 heavy (non-hydrogen) atoms. The molecule has 0 radical (unpaired) electrons. The van der Waals surface area contributed by atoms with Crippen LogP contribution in [-0.2, 0) is 0 Å². The Morgan fingerprint density at radius 2 is 2.14 bits per heavy atom. The van der Waals surface area contributed by atoms with Gasteiger partial charge in [-0.15, -0.1) is 0 Å². The highest BCUT2D eigenvalue weighted by molar-refractivity contribution is 6.29. The second-order valence-corrected chi connectivity index (χ2v) is 5.82. The second-order valence-electron chi connectivity index (χ2n) is 5.25. The van der Waals surface area contributed by atoms with Crippen LogP contribution in [-0.4, -0.2) is 4.98 Å². The maximum absolute atomic E-state index is 13.0. The van der Waals surface area contributed by atoms with Crippen molar-refractivity contribution in [2.45, 2.75) is 40.5 Å². The molecule has 1 aromatic rings. The number of pyridine rings is 1. The van der Waals surface area contributed by atoms with Crippen molar-refractivity contribution in [1.82, 2.24) is 10.3 Å². The summed E-state index contributed by atoms with van der Waals surface area (Å²) < 4.78 is 13.0. The van der Waals surface area contributed by atoms with Crippen molar-refractivity contribution in [3.8, 4) is 0 Å². The number of allylic oxidation sites excluding steroid dienone is 3. The Morgan fingerprint density at radius 3 is 2.59 bits per heavy atom. The lowest BCUT2D eigenvalue weighted by Gasteiger charge is -2.21. The molecule has 0 aliphatic rings. The van der Waals surface area contributed by atoms with Gasteiger partial charge in [0.25, 0.3) is 0 Å². The van der Waals surface area contributed by atoms with Crippen molar-refractivity contribution in [1.29, 1.82) is 0 Å². The van der Waals surface area contributed by atoms with Crippen molar-refractivity contribution >= 4 is 17.3 Å². The van der Waals surface area contributed by atoms with Gasteiger partial charge in [-0.25, -0.2) is 4.39 Å². The largest absolute Gasteiger partial charge is 0.353 e. The van der Waals surface area contributed by atoms with Gasteiger partial charge in [0.05, 0.1) is 23.3 Å². The van der Waals surface area contributed by atoms with Gasteiger partial charge in [0, 0.05) is 5.03 Å². The van der Waals surface area contributed by atoms with E-state index in [9.17, 15) is 4.39 Å². The number of nitrogens with zero attached hydrogens (tertiary/aromatic N) is 1. The summed E-state index contributed by atoms with van der Waals surface area (Å²) in [4.78, 5) is 4.04. The number of hydrogen-bond acceptors (Lipinski definition) is 2. The number of nitrogens with one attached hydrogen (secondary N) is 1. The minimum atomic E-state index is -0.369. The molecule has 0 unspecified atom stereocenters. The Hall–Kier alpha value is -1.61. The van der Waals surface area contributed by atoms with E-state index in [2.05, 4.69) is 43.7 Å². The summed E-state index contributed by atoms with van der Waals surface area (Å²) >= 11 is 6.29. The summed E-state index contributed by atoms with van der Waals surface area (Å²) in [5.41, 5.74) is 3.21. The van der Waals surface area contributed by atoms with Crippen LogP contribution >= 0.6 is 11.6 Å². The summed E-state index contributed by atoms with van der Waals surface area (Å²) in [5.74, 6) is 0.0112. The third kappa shape index (κ3) is 4.99. The first-order valence-corrected chi connectivity index (χ1v) is 7.93. The minimum absolute atomic E-state index is 0.369. The molecule has 1 heterocycles. The molecule has 0 aromatic carbocycles. The van der Waals surface area contributed by atoms with Crippen molar-refractivity contribution in [2.24, 2.45) is 5.92 Å². The van der Waals surface area contributed by atoms with Gasteiger partial charge in [0.1, 0.15) is 5.82 Å². The molecule has 1 aromatic heterocycles. The summed E-state index contributed by atoms with van der Waals surface area (Å²) in [6, 6.07) is 2.96. The molecule has 0 saturated carbocycles. The lowest BCUT2D eigenvalue weighted by Crippen LogP contribution is -2.18. The first-order valence-electron chi connectivity index (χ1n) is 7.55. The molecule has 0 aliphatic heterocycles. The molecule has 0 amide bonds. The van der Waals surface area contributed by atoms with Crippen LogP contribution in [0.25, 0.3) is 5.70 Å². The molecule has 1 rings (SSSR count). The highest BCUT2D eigenvalue weighted by Crippen LogP contribution is 2.27. The summed E-state index contributed by atoms with van der Waals surface area (Å²) in [7, 11) is 0. The predicted molar refractivity (Wildman–Crippen MR) is 92.7 cm³/mol. The first-order chi connectivity index (χ1) is 10.4. The highest BCUT2D eigenvalue weighted by atomic mass is 35.5. The van der Waals surface area contributed by atoms with Gasteiger partial charge in [-0.05, 0) is 43.4 Å². The number of rotatable bonds is 7. The Kier molecular flexibility index (Phi) is 7.33. The van der Waals surface area contributed by atoms with Crippen LogP contribution in [0.4, 0.5) is 4.39 Å². The van der Waals surface area contributed by atoms with E-state index in [1.807, 2.05) is 6.92 Å². The Morgan fingerprint density at radius 1 is 1.45 bits per heavy atom. The molecule has 1 N–H and O–H groups in total. The molecule has 0 spiro atoms. The molecule has 4 heteroatoms. The van der Waals surface area contributed by atoms with Crippen LogP contribution < -0.4 is 5.32 Å². The quantitative estimate of drug-likeness (QED) is 0.658. The number of aromatic nitrogens is 1. The average molecular weight is 323 g/mol. The van der Waals surface area contributed by atoms with E-state index in [1.165, 1.54) is 17.8 Å². The van der Waals surface area contributed by atoms with Gasteiger partial charge in [-0.2, -0.15) is 0 Å². The molecular formula is C18H24ClFN2. The maximum Gasteiger partial charge on any atom is 0.141 e. The van der Waals surface area contributed by atoms with Crippen LogP contribution in [0.5, 0.6) is 0 Å². The lowest BCUT2D eigenvalue weighted by atomic mass is 9.94. The van der Waals surface area contributed by atoms with Crippen molar-refractivity contribution < 1.29 is 4.39 Å². The molecule has 0 bridgehead atoms. The van der Waals surface area contributed by atoms with E-state index in [0.717, 1.165) is 18.5 Å². The molecule has 0 fully saturated rings. The van der Waals surface area contributed by atoms with Crippen LogP contribution in [0, 0.1) is 11.7 Å². The molecule has 2 nitrogen and oxygen atoms in total. The zero-order chi connectivity index (χ0) is 16.7. The van der Waals surface area contributed by atoms with Crippen molar-refractivity contribution in [3.05, 3.63) is 58.8 Å². The Balaban J connectivity index is 3.07. The third-order valence-corrected chi connectivity index (χ3v) is 3.70. The molecule has 0 aliphatic carbocycles. The van der Waals surface area contributed by atoms with E-state index in [0.29, 0.717) is 22.3 Å². The minimum Gasteiger partial charge on any atom is -0.353 e. The lowest BCUT2D eigenvalue weighted by molar-refractivity contribution is 0.620. The highest BCUT2D eigenvalue weighted by Gasteiger charge is 2.15. The molecular weight excluding hydrogens is 299 g/mol. The number of hydrogen-bond donors (Lipinski definition) is 1. The summed E-state index contributed by atoms with van der Waals surface area (Å²) in [5, 5.41) is 3.92. The zero-order valence-electron chi connectivity index (χ0n) is 13.7. The maximum atomic E-state index is 13.0. The predicted octanol–water partition coefficient (Wildman–Crippen LogP) is 5.63. The van der Waals surface area contributed by atoms with Gasteiger partial charge >= 0.3 is 0 Å². The van der Waals surface area contributed by atoms with E-state index >= 15 is 0 Å². The fourth-order valence-electron chi connectivity index (χ4n) is 2.12. The third-order valence-electron chi connectivity index (χ3n) is 3.51. The van der Waals surface area contributed by atoms with Crippen LogP contribution in [0.3, 0.4) is 0 Å². The normalized spacial score (nSPS) is 14.4. The summed E-state index contributed by atoms with van der Waals surface area (Å²) in [6.07, 6.45) is 5.29. The van der Waals surface area contributed by atoms with E-state index in [4.69, 9.17) is 11.6 Å². The van der Waals surface area contributed by atoms with Crippen molar-refractivity contribution in [3.63, 3.8) is 0 Å². The average Bonchev–Trinajstić information content (AvgIpc) is 2.50. The zero-order valence-corrected chi connectivity index (χ0v) is 14.5. The Bertz CT molecular complexity index is 569. The van der Waals surface area contributed by atoms with Gasteiger partial charge < -0.3 is 5.32 Å². The van der Waals surface area contributed by atoms with E-state index < -0.39 is 0 Å². The number of halogens is 2. The van der Waals surface area contributed by atoms with Gasteiger partial charge in [0.15, 0.2) is 0 Å². The Labute approximate surface area is 137 Å². The smallest absolute Gasteiger partial charge is 0.141 e. The van der Waals surface area contributed by atoms with Crippen LogP contribution in [0.1, 0.15) is 46.2 Å². The monoisotopic (exact) mass is 322 g/mol. The van der Waals surface area contributed by atoms with Gasteiger partial charge in [-0.3, -0.25) is 4.98 Å². The van der Waals surface area contributed by atoms with Gasteiger partial charge in [0.2, 0.25) is 0 Å². The standard InChI is InChI=1S/C18H24ClFN2/c1-6-8-16(12(3)7-2)18(13(4)19)22-14(5)17-10-9-15(20)11-21-17/h8-12,22H,5-7H2,1-4H3/b16-8+,18-13+/t12-/m0/s1. The van der Waals surface area contributed by atoms with Gasteiger partial charge in [-0.1, -0.05) is 45.0 Å².